The average molecular weight is 379 g/mol. The molecule has 0 aliphatic heterocycles. The van der Waals surface area contributed by atoms with E-state index in [2.05, 4.69) is 21.0 Å². The number of ether oxygens (including phenoxy) is 1. The van der Waals surface area contributed by atoms with Gasteiger partial charge in [0.1, 0.15) is 11.3 Å². The third-order valence-corrected chi connectivity index (χ3v) is 3.81. The minimum atomic E-state index is -0.728. The third kappa shape index (κ3) is 4.07. The molecule has 0 atom stereocenters. The molecule has 0 spiro atoms. The number of anilines is 1. The zero-order chi connectivity index (χ0) is 20.7. The Bertz CT molecular complexity index is 893. The summed E-state index contributed by atoms with van der Waals surface area (Å²) in [6, 6.07) is 0. The van der Waals surface area contributed by atoms with Crippen LogP contribution in [-0.4, -0.2) is 47.2 Å². The molecule has 2 heterocycles. The van der Waals surface area contributed by atoms with E-state index >= 15 is 0 Å². The first-order chi connectivity index (χ1) is 12.2. The number of pyridine rings is 1. The molecule has 0 radical (unpaired) electrons. The van der Waals surface area contributed by atoms with Gasteiger partial charge in [0.25, 0.3) is 5.65 Å². The Kier molecular flexibility index (Phi) is 5.00. The zero-order valence-corrected chi connectivity index (χ0v) is 16.8. The summed E-state index contributed by atoms with van der Waals surface area (Å²) >= 11 is 0. The van der Waals surface area contributed by atoms with Crippen LogP contribution in [0.15, 0.2) is 0 Å². The van der Waals surface area contributed by atoms with Gasteiger partial charge in [0, 0.05) is 11.3 Å². The van der Waals surface area contributed by atoms with Crippen molar-refractivity contribution in [2.45, 2.75) is 66.5 Å². The molecular formula is C16H25N7O4. The number of rotatable bonds is 3. The van der Waals surface area contributed by atoms with Gasteiger partial charge >= 0.3 is 11.8 Å². The van der Waals surface area contributed by atoms with Crippen LogP contribution in [0.4, 0.5) is 16.2 Å². The molecule has 0 saturated carbocycles. The van der Waals surface area contributed by atoms with Crippen LogP contribution in [0.1, 0.15) is 52.8 Å². The van der Waals surface area contributed by atoms with Gasteiger partial charge in [-0.05, 0) is 65.8 Å². The molecule has 11 nitrogen and oxygen atoms in total. The van der Waals surface area contributed by atoms with Crippen molar-refractivity contribution in [2.24, 2.45) is 0 Å². The maximum atomic E-state index is 12.7. The largest absolute Gasteiger partial charge is 0.442 e. The molecule has 1 amide bonds. The van der Waals surface area contributed by atoms with Crippen molar-refractivity contribution in [3.05, 3.63) is 21.4 Å². The smallest absolute Gasteiger partial charge is 0.429 e. The zero-order valence-electron chi connectivity index (χ0n) is 16.8. The number of hydrogen-bond donors (Lipinski definition) is 1. The first kappa shape index (κ1) is 20.3. The Morgan fingerprint density at radius 2 is 1.81 bits per heavy atom. The van der Waals surface area contributed by atoms with E-state index in [0.29, 0.717) is 11.3 Å². The van der Waals surface area contributed by atoms with E-state index in [-0.39, 0.29) is 17.0 Å². The maximum absolute atomic E-state index is 12.7. The molecule has 0 saturated heterocycles. The second kappa shape index (κ2) is 6.63. The fourth-order valence-electron chi connectivity index (χ4n) is 2.41. The number of hydrogen-bond acceptors (Lipinski definition) is 8. The van der Waals surface area contributed by atoms with Crippen LogP contribution in [0, 0.1) is 24.0 Å². The molecule has 148 valence electrons. The monoisotopic (exact) mass is 379 g/mol. The van der Waals surface area contributed by atoms with Gasteiger partial charge in [0.05, 0.1) is 10.5 Å². The van der Waals surface area contributed by atoms with Crippen molar-refractivity contribution in [3.8, 4) is 0 Å². The van der Waals surface area contributed by atoms with E-state index in [9.17, 15) is 14.9 Å². The molecule has 2 aromatic heterocycles. The lowest BCUT2D eigenvalue weighted by molar-refractivity contribution is -0.382. The van der Waals surface area contributed by atoms with Crippen LogP contribution in [0.5, 0.6) is 0 Å². The van der Waals surface area contributed by atoms with Crippen molar-refractivity contribution in [1.82, 2.24) is 25.0 Å². The highest BCUT2D eigenvalue weighted by Crippen LogP contribution is 2.35. The van der Waals surface area contributed by atoms with Crippen LogP contribution in [-0.2, 0) is 4.74 Å². The summed E-state index contributed by atoms with van der Waals surface area (Å²) in [5.41, 5.74) is 2.40. The number of hydrazine groups is 1. The molecule has 1 N–H and O–H groups in total. The molecule has 0 fully saturated rings. The molecule has 11 heteroatoms. The minimum Gasteiger partial charge on any atom is -0.442 e. The van der Waals surface area contributed by atoms with E-state index in [4.69, 9.17) is 4.74 Å². The van der Waals surface area contributed by atoms with Crippen molar-refractivity contribution in [1.29, 1.82) is 0 Å². The Labute approximate surface area is 156 Å². The summed E-state index contributed by atoms with van der Waals surface area (Å²) in [6.45, 7) is 14.0. The van der Waals surface area contributed by atoms with Crippen LogP contribution < -0.4 is 5.43 Å². The Balaban J connectivity index is 2.63. The number of carbonyl (C=O) groups excluding carboxylic acids is 1. The summed E-state index contributed by atoms with van der Waals surface area (Å²) in [7, 11) is 0. The van der Waals surface area contributed by atoms with E-state index < -0.39 is 22.2 Å². The summed E-state index contributed by atoms with van der Waals surface area (Å²) in [5, 5.41) is 24.1. The number of nitrogens with zero attached hydrogens (tertiary/aromatic N) is 6. The lowest BCUT2D eigenvalue weighted by Gasteiger charge is -2.37. The highest BCUT2D eigenvalue weighted by atomic mass is 16.6. The number of amides is 1. The van der Waals surface area contributed by atoms with Gasteiger partial charge in [-0.1, -0.05) is 0 Å². The Morgan fingerprint density at radius 3 is 2.30 bits per heavy atom. The molecule has 0 aliphatic rings. The minimum absolute atomic E-state index is 0.0105. The van der Waals surface area contributed by atoms with Crippen molar-refractivity contribution < 1.29 is 14.5 Å². The quantitative estimate of drug-likeness (QED) is 0.636. The number of nitro groups is 1. The van der Waals surface area contributed by atoms with Gasteiger partial charge in [-0.25, -0.2) is 9.80 Å². The number of fused-ring (bicyclic) bond motifs is 1. The van der Waals surface area contributed by atoms with Gasteiger partial charge in [0.15, 0.2) is 0 Å². The van der Waals surface area contributed by atoms with Gasteiger partial charge in [-0.3, -0.25) is 15.5 Å². The van der Waals surface area contributed by atoms with Crippen LogP contribution in [0.25, 0.3) is 5.65 Å². The van der Waals surface area contributed by atoms with Gasteiger partial charge in [-0.15, -0.1) is 5.10 Å². The third-order valence-electron chi connectivity index (χ3n) is 3.81. The molecule has 0 aliphatic carbocycles. The number of nitrogens with one attached hydrogen (secondary N) is 1. The average Bonchev–Trinajstić information content (AvgIpc) is 2.94. The van der Waals surface area contributed by atoms with Crippen molar-refractivity contribution >= 4 is 23.1 Å². The van der Waals surface area contributed by atoms with Crippen molar-refractivity contribution in [2.75, 3.05) is 5.43 Å². The normalized spacial score (nSPS) is 12.1. The van der Waals surface area contributed by atoms with Crippen LogP contribution in [0.2, 0.25) is 0 Å². The van der Waals surface area contributed by atoms with E-state index in [1.807, 2.05) is 0 Å². The Hall–Kier alpha value is -2.98. The number of aryl methyl sites for hydroxylation is 1. The number of tetrazole rings is 1. The van der Waals surface area contributed by atoms with Gasteiger partial charge < -0.3 is 4.74 Å². The predicted molar refractivity (Wildman–Crippen MR) is 98.4 cm³/mol. The lowest BCUT2D eigenvalue weighted by Crippen LogP contribution is -2.51. The highest BCUT2D eigenvalue weighted by molar-refractivity contribution is 5.81. The molecule has 2 rings (SSSR count). The van der Waals surface area contributed by atoms with Crippen LogP contribution in [0.3, 0.4) is 0 Å². The predicted octanol–water partition coefficient (Wildman–Crippen LogP) is 3.01. The van der Waals surface area contributed by atoms with E-state index in [0.717, 1.165) is 0 Å². The second-order valence-corrected chi connectivity index (χ2v) is 8.20. The summed E-state index contributed by atoms with van der Waals surface area (Å²) in [4.78, 5) is 23.9. The molecular weight excluding hydrogens is 354 g/mol. The number of carbonyl (C=O) groups is 1. The Morgan fingerprint density at radius 1 is 1.22 bits per heavy atom. The van der Waals surface area contributed by atoms with Crippen molar-refractivity contribution in [3.63, 3.8) is 0 Å². The SMILES string of the molecule is Cc1c(NN(C(=O)OC(C)(C)C)C(C)(C)C)c([N+](=O)[O-])c2nnnn2c1C. The summed E-state index contributed by atoms with van der Waals surface area (Å²) in [5.74, 6) is 0. The first-order valence-corrected chi connectivity index (χ1v) is 8.39. The summed E-state index contributed by atoms with van der Waals surface area (Å²) < 4.78 is 6.75. The van der Waals surface area contributed by atoms with Gasteiger partial charge in [0.2, 0.25) is 0 Å². The molecule has 2 aromatic rings. The fourth-order valence-corrected chi connectivity index (χ4v) is 2.41. The molecule has 0 aromatic carbocycles. The van der Waals surface area contributed by atoms with Crippen LogP contribution >= 0.6 is 0 Å². The first-order valence-electron chi connectivity index (χ1n) is 8.39. The second-order valence-electron chi connectivity index (χ2n) is 8.20. The number of aromatic nitrogens is 4. The molecule has 27 heavy (non-hydrogen) atoms. The topological polar surface area (TPSA) is 128 Å². The molecule has 0 bridgehead atoms. The fraction of sp³-hybridized carbons (Fsp3) is 0.625. The molecule has 0 unspecified atom stereocenters. The van der Waals surface area contributed by atoms with Gasteiger partial charge in [-0.2, -0.15) is 4.52 Å². The summed E-state index contributed by atoms with van der Waals surface area (Å²) in [6.07, 6.45) is -0.652. The van der Waals surface area contributed by atoms with E-state index in [1.165, 1.54) is 9.52 Å². The van der Waals surface area contributed by atoms with E-state index in [1.54, 1.807) is 55.4 Å². The lowest BCUT2D eigenvalue weighted by atomic mass is 10.1. The standard InChI is InChI=1S/C16H25N7O4/c1-9-10(2)21-13(17-19-20-21)12(23(25)26)11(9)18-22(15(3,4)5)14(24)27-16(6,7)8/h18H,1-8H3. The highest BCUT2D eigenvalue weighted by Gasteiger charge is 2.35. The maximum Gasteiger partial charge on any atom is 0.429 e.